The molecule has 0 unspecified atom stereocenters. The largest absolute Gasteiger partial charge is 0.480 e. The van der Waals surface area contributed by atoms with Crippen molar-refractivity contribution in [2.45, 2.75) is 6.42 Å². The molecule has 4 N–H and O–H groups in total. The molecule has 1 amide bonds. The standard InChI is InChI=1S/C20H19N3O3/c21-19(22)15-6-3-13(4-7-15)1-2-14-5-8-17-16(11-14)9-10-23(20(17)26)12-18(24)25/h1-8,11H,9-10,12H2,(H3,21,22)(H,24,25)/b2-1+. The van der Waals surface area contributed by atoms with Crippen LogP contribution in [0.2, 0.25) is 0 Å². The normalized spacial score (nSPS) is 13.7. The predicted octanol–water partition coefficient (Wildman–Crippen LogP) is 2.22. The lowest BCUT2D eigenvalue weighted by Crippen LogP contribution is -2.40. The van der Waals surface area contributed by atoms with Crippen LogP contribution in [0.5, 0.6) is 0 Å². The van der Waals surface area contributed by atoms with Crippen molar-refractivity contribution in [3.8, 4) is 0 Å². The number of nitrogens with two attached hydrogens (primary N) is 1. The van der Waals surface area contributed by atoms with Crippen molar-refractivity contribution in [2.24, 2.45) is 5.73 Å². The Morgan fingerprint density at radius 2 is 1.81 bits per heavy atom. The molecular weight excluding hydrogens is 330 g/mol. The maximum atomic E-state index is 12.3. The molecule has 0 bridgehead atoms. The van der Waals surface area contributed by atoms with E-state index in [0.29, 0.717) is 24.1 Å². The minimum Gasteiger partial charge on any atom is -0.480 e. The van der Waals surface area contributed by atoms with E-state index in [1.807, 2.05) is 36.4 Å². The van der Waals surface area contributed by atoms with Crippen LogP contribution in [0.25, 0.3) is 12.2 Å². The Morgan fingerprint density at radius 3 is 2.46 bits per heavy atom. The van der Waals surface area contributed by atoms with Gasteiger partial charge in [-0.25, -0.2) is 0 Å². The second-order valence-electron chi connectivity index (χ2n) is 6.16. The second kappa shape index (κ2) is 7.23. The van der Waals surface area contributed by atoms with Crippen molar-refractivity contribution in [3.05, 3.63) is 70.3 Å². The molecule has 0 saturated heterocycles. The lowest BCUT2D eigenvalue weighted by Gasteiger charge is -2.27. The van der Waals surface area contributed by atoms with Crippen molar-refractivity contribution in [1.82, 2.24) is 4.90 Å². The van der Waals surface area contributed by atoms with Crippen molar-refractivity contribution in [3.63, 3.8) is 0 Å². The molecule has 0 aromatic heterocycles. The molecule has 0 saturated carbocycles. The van der Waals surface area contributed by atoms with Crippen LogP contribution in [-0.2, 0) is 11.2 Å². The van der Waals surface area contributed by atoms with Gasteiger partial charge in [-0.15, -0.1) is 0 Å². The van der Waals surface area contributed by atoms with E-state index in [2.05, 4.69) is 0 Å². The van der Waals surface area contributed by atoms with Crippen LogP contribution in [0, 0.1) is 5.41 Å². The number of carbonyl (C=O) groups excluding carboxylic acids is 1. The first-order valence-electron chi connectivity index (χ1n) is 8.20. The molecule has 1 heterocycles. The van der Waals surface area contributed by atoms with Crippen molar-refractivity contribution in [1.29, 1.82) is 5.41 Å². The summed E-state index contributed by atoms with van der Waals surface area (Å²) in [6, 6.07) is 12.9. The first-order valence-corrected chi connectivity index (χ1v) is 8.20. The molecule has 132 valence electrons. The maximum Gasteiger partial charge on any atom is 0.323 e. The molecule has 26 heavy (non-hydrogen) atoms. The Balaban J connectivity index is 1.76. The summed E-state index contributed by atoms with van der Waals surface area (Å²) in [5.74, 6) is -1.20. The SMILES string of the molecule is N=C(N)c1ccc(/C=C/c2ccc3c(c2)CCN(CC(=O)O)C3=O)cc1. The fraction of sp³-hybridized carbons (Fsp3) is 0.150. The third-order valence-electron chi connectivity index (χ3n) is 4.31. The molecule has 2 aromatic rings. The first kappa shape index (κ1) is 17.4. The number of nitrogens with one attached hydrogen (secondary N) is 1. The Bertz CT molecular complexity index is 901. The summed E-state index contributed by atoms with van der Waals surface area (Å²) in [5.41, 5.74) is 9.58. The molecule has 6 heteroatoms. The van der Waals surface area contributed by atoms with Gasteiger partial charge >= 0.3 is 5.97 Å². The molecular formula is C20H19N3O3. The zero-order valence-corrected chi connectivity index (χ0v) is 14.1. The van der Waals surface area contributed by atoms with Gasteiger partial charge in [0.25, 0.3) is 5.91 Å². The minimum atomic E-state index is -1.00. The van der Waals surface area contributed by atoms with Gasteiger partial charge in [-0.2, -0.15) is 0 Å². The Hall–Kier alpha value is -3.41. The first-order chi connectivity index (χ1) is 12.4. The van der Waals surface area contributed by atoms with E-state index in [9.17, 15) is 9.59 Å². The summed E-state index contributed by atoms with van der Waals surface area (Å²) in [7, 11) is 0. The number of benzene rings is 2. The number of rotatable bonds is 5. The summed E-state index contributed by atoms with van der Waals surface area (Å²) in [6.07, 6.45) is 4.55. The molecule has 0 aliphatic carbocycles. The summed E-state index contributed by atoms with van der Waals surface area (Å²) in [4.78, 5) is 24.5. The van der Waals surface area contributed by atoms with Crippen LogP contribution >= 0.6 is 0 Å². The van der Waals surface area contributed by atoms with Crippen LogP contribution in [0.15, 0.2) is 42.5 Å². The van der Waals surface area contributed by atoms with E-state index in [0.717, 1.165) is 16.7 Å². The maximum absolute atomic E-state index is 12.3. The minimum absolute atomic E-state index is 0.0387. The third kappa shape index (κ3) is 3.80. The van der Waals surface area contributed by atoms with Gasteiger partial charge in [-0.05, 0) is 29.2 Å². The van der Waals surface area contributed by atoms with Crippen LogP contribution in [0.3, 0.4) is 0 Å². The van der Waals surface area contributed by atoms with Crippen molar-refractivity contribution >= 4 is 29.9 Å². The molecule has 0 radical (unpaired) electrons. The fourth-order valence-electron chi connectivity index (χ4n) is 2.94. The monoisotopic (exact) mass is 349 g/mol. The number of nitrogen functional groups attached to an aromatic ring is 1. The average molecular weight is 349 g/mol. The molecule has 6 nitrogen and oxygen atoms in total. The Kier molecular flexibility index (Phi) is 4.84. The number of amides is 1. The second-order valence-corrected chi connectivity index (χ2v) is 6.16. The third-order valence-corrected chi connectivity index (χ3v) is 4.31. The predicted molar refractivity (Wildman–Crippen MR) is 100 cm³/mol. The highest BCUT2D eigenvalue weighted by molar-refractivity contribution is 5.98. The topological polar surface area (TPSA) is 107 Å². The van der Waals surface area contributed by atoms with E-state index in [-0.39, 0.29) is 18.3 Å². The number of carboxylic acid groups (broad SMARTS) is 1. The van der Waals surface area contributed by atoms with Gasteiger partial charge in [-0.1, -0.05) is 48.6 Å². The Labute approximate surface area is 151 Å². The number of fused-ring (bicyclic) bond motifs is 1. The van der Waals surface area contributed by atoms with E-state index in [1.165, 1.54) is 4.90 Å². The molecule has 3 rings (SSSR count). The summed E-state index contributed by atoms with van der Waals surface area (Å²) < 4.78 is 0. The Morgan fingerprint density at radius 1 is 1.15 bits per heavy atom. The average Bonchev–Trinajstić information content (AvgIpc) is 2.62. The number of carbonyl (C=O) groups is 2. The van der Waals surface area contributed by atoms with Gasteiger partial charge in [0.1, 0.15) is 12.4 Å². The van der Waals surface area contributed by atoms with Crippen LogP contribution in [0.4, 0.5) is 0 Å². The van der Waals surface area contributed by atoms with E-state index in [4.69, 9.17) is 16.2 Å². The van der Waals surface area contributed by atoms with Crippen LogP contribution in [0.1, 0.15) is 32.6 Å². The summed E-state index contributed by atoms with van der Waals surface area (Å²) >= 11 is 0. The number of aliphatic carboxylic acids is 1. The zero-order valence-electron chi connectivity index (χ0n) is 14.1. The number of hydrogen-bond acceptors (Lipinski definition) is 3. The molecule has 0 spiro atoms. The lowest BCUT2D eigenvalue weighted by molar-refractivity contribution is -0.137. The van der Waals surface area contributed by atoms with E-state index in [1.54, 1.807) is 18.2 Å². The fourth-order valence-corrected chi connectivity index (χ4v) is 2.94. The highest BCUT2D eigenvalue weighted by Gasteiger charge is 2.25. The van der Waals surface area contributed by atoms with Gasteiger partial charge < -0.3 is 15.7 Å². The number of amidine groups is 1. The van der Waals surface area contributed by atoms with Gasteiger partial charge in [0.05, 0.1) is 0 Å². The van der Waals surface area contributed by atoms with Crippen molar-refractivity contribution < 1.29 is 14.7 Å². The number of carboxylic acids is 1. The van der Waals surface area contributed by atoms with Gasteiger partial charge in [0, 0.05) is 17.7 Å². The van der Waals surface area contributed by atoms with E-state index >= 15 is 0 Å². The van der Waals surface area contributed by atoms with Gasteiger partial charge in [0.15, 0.2) is 0 Å². The lowest BCUT2D eigenvalue weighted by atomic mass is 9.96. The van der Waals surface area contributed by atoms with Crippen LogP contribution in [-0.4, -0.2) is 40.8 Å². The quantitative estimate of drug-likeness (QED) is 0.437. The number of hydrogen-bond donors (Lipinski definition) is 3. The molecule has 0 fully saturated rings. The van der Waals surface area contributed by atoms with Gasteiger partial charge in [0.2, 0.25) is 0 Å². The smallest absolute Gasteiger partial charge is 0.323 e. The summed E-state index contributed by atoms with van der Waals surface area (Å²) in [5, 5.41) is 16.3. The van der Waals surface area contributed by atoms with E-state index < -0.39 is 5.97 Å². The molecule has 1 aliphatic rings. The highest BCUT2D eigenvalue weighted by Crippen LogP contribution is 2.21. The molecule has 2 aromatic carbocycles. The molecule has 1 aliphatic heterocycles. The van der Waals surface area contributed by atoms with Crippen LogP contribution < -0.4 is 5.73 Å². The number of nitrogens with zero attached hydrogens (tertiary/aromatic N) is 1. The highest BCUT2D eigenvalue weighted by atomic mass is 16.4. The van der Waals surface area contributed by atoms with Gasteiger partial charge in [-0.3, -0.25) is 15.0 Å². The van der Waals surface area contributed by atoms with Crippen molar-refractivity contribution in [2.75, 3.05) is 13.1 Å². The molecule has 0 atom stereocenters. The summed E-state index contributed by atoms with van der Waals surface area (Å²) in [6.45, 7) is 0.147. The zero-order chi connectivity index (χ0) is 18.7.